The van der Waals surface area contributed by atoms with Crippen LogP contribution in [0.4, 0.5) is 0 Å². The van der Waals surface area contributed by atoms with Gasteiger partial charge in [-0.05, 0) is 49.7 Å². The van der Waals surface area contributed by atoms with E-state index in [4.69, 9.17) is 16.0 Å². The lowest BCUT2D eigenvalue weighted by atomic mass is 10.1. The maximum absolute atomic E-state index is 12.9. The van der Waals surface area contributed by atoms with E-state index in [9.17, 15) is 13.2 Å². The molecule has 1 saturated heterocycles. The molecule has 1 aliphatic heterocycles. The van der Waals surface area contributed by atoms with Crippen LogP contribution < -0.4 is 0 Å². The Kier molecular flexibility index (Phi) is 4.69. The van der Waals surface area contributed by atoms with Gasteiger partial charge in [0.25, 0.3) is 5.91 Å². The van der Waals surface area contributed by atoms with Crippen molar-refractivity contribution < 1.29 is 17.6 Å². The summed E-state index contributed by atoms with van der Waals surface area (Å²) in [6, 6.07) is 9.88. The van der Waals surface area contributed by atoms with E-state index in [1.165, 1.54) is 0 Å². The van der Waals surface area contributed by atoms with Gasteiger partial charge < -0.3 is 9.32 Å². The summed E-state index contributed by atoms with van der Waals surface area (Å²) in [5.41, 5.74) is 0.479. The lowest BCUT2D eigenvalue weighted by Gasteiger charge is -2.27. The van der Waals surface area contributed by atoms with Gasteiger partial charge in [0, 0.05) is 16.6 Å². The molecular formula is C17H18ClNO4S. The summed E-state index contributed by atoms with van der Waals surface area (Å²) in [5, 5.41) is 0.545. The smallest absolute Gasteiger partial charge is 0.254 e. The summed E-state index contributed by atoms with van der Waals surface area (Å²) in [6.07, 6.45) is 0.446. The first kappa shape index (κ1) is 17.0. The molecule has 1 unspecified atom stereocenters. The molecule has 1 aromatic heterocycles. The van der Waals surface area contributed by atoms with E-state index in [1.54, 1.807) is 35.2 Å². The van der Waals surface area contributed by atoms with Crippen LogP contribution >= 0.6 is 11.6 Å². The summed E-state index contributed by atoms with van der Waals surface area (Å²) in [7, 11) is -3.10. The molecular weight excluding hydrogens is 350 g/mol. The maximum atomic E-state index is 12.9. The predicted molar refractivity (Wildman–Crippen MR) is 91.8 cm³/mol. The topological polar surface area (TPSA) is 67.6 Å². The Morgan fingerprint density at radius 1 is 1.25 bits per heavy atom. The van der Waals surface area contributed by atoms with Gasteiger partial charge in [-0.15, -0.1) is 0 Å². The fraction of sp³-hybridized carbons (Fsp3) is 0.353. The molecule has 3 rings (SSSR count). The quantitative estimate of drug-likeness (QED) is 0.832. The van der Waals surface area contributed by atoms with E-state index in [0.717, 1.165) is 5.76 Å². The molecule has 2 aromatic rings. The number of rotatable bonds is 4. The van der Waals surface area contributed by atoms with Crippen LogP contribution in [0.25, 0.3) is 0 Å². The summed E-state index contributed by atoms with van der Waals surface area (Å²) >= 11 is 5.87. The molecule has 0 bridgehead atoms. The average molecular weight is 368 g/mol. The molecule has 7 heteroatoms. The summed E-state index contributed by atoms with van der Waals surface area (Å²) < 4.78 is 29.2. The van der Waals surface area contributed by atoms with Crippen molar-refractivity contribution in [2.24, 2.45) is 0 Å². The Morgan fingerprint density at radius 3 is 2.50 bits per heavy atom. The number of furan rings is 1. The van der Waals surface area contributed by atoms with Gasteiger partial charge in [-0.25, -0.2) is 8.42 Å². The van der Waals surface area contributed by atoms with Crippen LogP contribution in [0.3, 0.4) is 0 Å². The van der Waals surface area contributed by atoms with Gasteiger partial charge in [0.05, 0.1) is 18.1 Å². The minimum Gasteiger partial charge on any atom is -0.464 e. The Bertz CT molecular complexity index is 842. The second kappa shape index (κ2) is 6.61. The van der Waals surface area contributed by atoms with Crippen molar-refractivity contribution in [3.8, 4) is 0 Å². The highest BCUT2D eigenvalue weighted by Crippen LogP contribution is 2.23. The number of carbonyl (C=O) groups excluding carboxylic acids is 1. The molecule has 1 amide bonds. The maximum Gasteiger partial charge on any atom is 0.254 e. The van der Waals surface area contributed by atoms with E-state index >= 15 is 0 Å². The molecule has 5 nitrogen and oxygen atoms in total. The van der Waals surface area contributed by atoms with Crippen molar-refractivity contribution in [3.63, 3.8) is 0 Å². The monoisotopic (exact) mass is 367 g/mol. The van der Waals surface area contributed by atoms with Crippen LogP contribution in [-0.4, -0.2) is 36.8 Å². The number of sulfone groups is 1. The second-order valence-electron chi connectivity index (χ2n) is 6.01. The number of amides is 1. The van der Waals surface area contributed by atoms with E-state index < -0.39 is 9.84 Å². The summed E-state index contributed by atoms with van der Waals surface area (Å²) in [4.78, 5) is 14.5. The SMILES string of the molecule is Cc1ccc(CN(C(=O)c2ccc(Cl)cc2)C2CCS(=O)(=O)C2)o1. The molecule has 0 spiro atoms. The van der Waals surface area contributed by atoms with Gasteiger partial charge in [-0.3, -0.25) is 4.79 Å². The molecule has 0 radical (unpaired) electrons. The number of benzene rings is 1. The predicted octanol–water partition coefficient (Wildman–Crippen LogP) is 3.07. The number of nitrogens with zero attached hydrogens (tertiary/aromatic N) is 1. The van der Waals surface area contributed by atoms with Crippen molar-refractivity contribution in [1.29, 1.82) is 0 Å². The third kappa shape index (κ3) is 3.82. The number of hydrogen-bond donors (Lipinski definition) is 0. The summed E-state index contributed by atoms with van der Waals surface area (Å²) in [5.74, 6) is 1.27. The van der Waals surface area contributed by atoms with E-state index in [0.29, 0.717) is 22.8 Å². The minimum atomic E-state index is -3.10. The van der Waals surface area contributed by atoms with Crippen LogP contribution in [0.15, 0.2) is 40.8 Å². The summed E-state index contributed by atoms with van der Waals surface area (Å²) in [6.45, 7) is 2.07. The highest BCUT2D eigenvalue weighted by atomic mass is 35.5. The van der Waals surface area contributed by atoms with Crippen molar-refractivity contribution in [2.75, 3.05) is 11.5 Å². The second-order valence-corrected chi connectivity index (χ2v) is 8.67. The first-order valence-corrected chi connectivity index (χ1v) is 9.86. The highest BCUT2D eigenvalue weighted by molar-refractivity contribution is 7.91. The first-order chi connectivity index (χ1) is 11.3. The van der Waals surface area contributed by atoms with Crippen molar-refractivity contribution >= 4 is 27.3 Å². The van der Waals surface area contributed by atoms with Gasteiger partial charge in [0.2, 0.25) is 0 Å². The standard InChI is InChI=1S/C17H18ClNO4S/c1-12-2-7-16(23-12)10-19(15-8-9-24(21,22)11-15)17(20)13-3-5-14(18)6-4-13/h2-7,15H,8-11H2,1H3. The number of hydrogen-bond acceptors (Lipinski definition) is 4. The Hall–Kier alpha value is -1.79. The van der Waals surface area contributed by atoms with E-state index in [-0.39, 0.29) is 30.0 Å². The highest BCUT2D eigenvalue weighted by Gasteiger charge is 2.35. The third-order valence-electron chi connectivity index (χ3n) is 4.12. The van der Waals surface area contributed by atoms with Crippen molar-refractivity contribution in [3.05, 3.63) is 58.5 Å². The lowest BCUT2D eigenvalue weighted by Crippen LogP contribution is -2.40. The number of halogens is 1. The Balaban J connectivity index is 1.88. The van der Waals surface area contributed by atoms with Crippen molar-refractivity contribution in [2.45, 2.75) is 25.9 Å². The Morgan fingerprint density at radius 2 is 1.96 bits per heavy atom. The molecule has 0 aliphatic carbocycles. The van der Waals surface area contributed by atoms with Gasteiger partial charge in [0.1, 0.15) is 11.5 Å². The normalized spacial score (nSPS) is 19.3. The van der Waals surface area contributed by atoms with Crippen LogP contribution in [0.5, 0.6) is 0 Å². The average Bonchev–Trinajstić information content (AvgIpc) is 3.10. The fourth-order valence-corrected chi connectivity index (χ4v) is 4.74. The largest absolute Gasteiger partial charge is 0.464 e. The Labute approximate surface area is 146 Å². The van der Waals surface area contributed by atoms with Gasteiger partial charge >= 0.3 is 0 Å². The van der Waals surface area contributed by atoms with Crippen LogP contribution in [0.2, 0.25) is 5.02 Å². The molecule has 0 saturated carbocycles. The van der Waals surface area contributed by atoms with Crippen molar-refractivity contribution in [1.82, 2.24) is 4.90 Å². The van der Waals surface area contributed by atoms with Crippen LogP contribution in [0.1, 0.15) is 28.3 Å². The third-order valence-corrected chi connectivity index (χ3v) is 6.13. The molecule has 2 heterocycles. The lowest BCUT2D eigenvalue weighted by molar-refractivity contribution is 0.0665. The number of aryl methyl sites for hydroxylation is 1. The molecule has 128 valence electrons. The van der Waals surface area contributed by atoms with Gasteiger partial charge in [-0.1, -0.05) is 11.6 Å². The molecule has 1 aliphatic rings. The molecule has 0 N–H and O–H groups in total. The minimum absolute atomic E-state index is 0.00792. The molecule has 1 atom stereocenters. The van der Waals surface area contributed by atoms with E-state index in [1.807, 2.05) is 13.0 Å². The first-order valence-electron chi connectivity index (χ1n) is 7.66. The van der Waals surface area contributed by atoms with Crippen LogP contribution in [0, 0.1) is 6.92 Å². The van der Waals surface area contributed by atoms with Crippen LogP contribution in [-0.2, 0) is 16.4 Å². The van der Waals surface area contributed by atoms with E-state index in [2.05, 4.69) is 0 Å². The van der Waals surface area contributed by atoms with Gasteiger partial charge in [0.15, 0.2) is 9.84 Å². The fourth-order valence-electron chi connectivity index (χ4n) is 2.88. The zero-order valence-electron chi connectivity index (χ0n) is 13.2. The zero-order chi connectivity index (χ0) is 17.3. The molecule has 1 fully saturated rings. The molecule has 24 heavy (non-hydrogen) atoms. The zero-order valence-corrected chi connectivity index (χ0v) is 14.8. The number of carbonyl (C=O) groups is 1. The molecule has 1 aromatic carbocycles. The van der Waals surface area contributed by atoms with Gasteiger partial charge in [-0.2, -0.15) is 0 Å².